The summed E-state index contributed by atoms with van der Waals surface area (Å²) in [5.41, 5.74) is 0.622. The lowest BCUT2D eigenvalue weighted by Gasteiger charge is -2.39. The van der Waals surface area contributed by atoms with Crippen molar-refractivity contribution in [2.75, 3.05) is 0 Å². The number of fused-ring (bicyclic) bond motifs is 2. The van der Waals surface area contributed by atoms with Crippen LogP contribution in [0.2, 0.25) is 0 Å². The Balaban J connectivity index is 1.42. The summed E-state index contributed by atoms with van der Waals surface area (Å²) >= 11 is 0. The van der Waals surface area contributed by atoms with Crippen LogP contribution in [-0.2, 0) is 0 Å². The van der Waals surface area contributed by atoms with Crippen molar-refractivity contribution in [2.45, 2.75) is 63.8 Å². The van der Waals surface area contributed by atoms with Crippen LogP contribution < -0.4 is 9.47 Å². The van der Waals surface area contributed by atoms with E-state index in [1.54, 1.807) is 24.7 Å². The maximum absolute atomic E-state index is 13.1. The minimum absolute atomic E-state index is 0.0634. The van der Waals surface area contributed by atoms with Gasteiger partial charge in [0, 0.05) is 49.6 Å². The van der Waals surface area contributed by atoms with Crippen LogP contribution in [0.1, 0.15) is 49.9 Å². The molecule has 142 valence electrons. The molecule has 2 saturated heterocycles. The maximum atomic E-state index is 13.1. The minimum atomic E-state index is 0.0634. The van der Waals surface area contributed by atoms with Gasteiger partial charge in [-0.2, -0.15) is 0 Å². The summed E-state index contributed by atoms with van der Waals surface area (Å²) in [5, 5.41) is 0. The number of nitrogens with zero attached hydrogens (tertiary/aromatic N) is 3. The van der Waals surface area contributed by atoms with Crippen molar-refractivity contribution in [3.05, 3.63) is 48.4 Å². The summed E-state index contributed by atoms with van der Waals surface area (Å²) in [6.45, 7) is 3.91. The quantitative estimate of drug-likeness (QED) is 0.809. The SMILES string of the molecule is CC(C)Oc1ccc(C(=O)N2C3CCC2CC(Oc2ccncc2)C3)cn1. The van der Waals surface area contributed by atoms with Gasteiger partial charge in [0.05, 0.1) is 11.7 Å². The Bertz CT molecular complexity index is 765. The monoisotopic (exact) mass is 367 g/mol. The van der Waals surface area contributed by atoms with E-state index in [4.69, 9.17) is 9.47 Å². The largest absolute Gasteiger partial charge is 0.490 e. The zero-order valence-corrected chi connectivity index (χ0v) is 15.7. The second kappa shape index (κ2) is 7.55. The van der Waals surface area contributed by atoms with Crippen molar-refractivity contribution >= 4 is 5.91 Å². The molecule has 4 heterocycles. The number of aromatic nitrogens is 2. The van der Waals surface area contributed by atoms with Crippen molar-refractivity contribution in [3.8, 4) is 11.6 Å². The third kappa shape index (κ3) is 3.89. The smallest absolute Gasteiger partial charge is 0.255 e. The molecule has 2 unspecified atom stereocenters. The molecule has 0 radical (unpaired) electrons. The first-order valence-corrected chi connectivity index (χ1v) is 9.62. The Labute approximate surface area is 159 Å². The Morgan fingerprint density at radius 2 is 1.81 bits per heavy atom. The highest BCUT2D eigenvalue weighted by atomic mass is 16.5. The highest BCUT2D eigenvalue weighted by molar-refractivity contribution is 5.94. The predicted molar refractivity (Wildman–Crippen MR) is 101 cm³/mol. The van der Waals surface area contributed by atoms with Gasteiger partial charge in [-0.1, -0.05) is 0 Å². The fourth-order valence-electron chi connectivity index (χ4n) is 4.13. The molecule has 2 aliphatic rings. The predicted octanol–water partition coefficient (Wildman–Crippen LogP) is 3.48. The molecule has 2 aromatic rings. The van der Waals surface area contributed by atoms with E-state index in [1.165, 1.54) is 0 Å². The molecule has 6 nitrogen and oxygen atoms in total. The van der Waals surface area contributed by atoms with Gasteiger partial charge in [0.25, 0.3) is 5.91 Å². The first kappa shape index (κ1) is 17.8. The highest BCUT2D eigenvalue weighted by Crippen LogP contribution is 2.38. The van der Waals surface area contributed by atoms with Gasteiger partial charge < -0.3 is 14.4 Å². The Morgan fingerprint density at radius 3 is 2.41 bits per heavy atom. The van der Waals surface area contributed by atoms with Crippen LogP contribution in [-0.4, -0.2) is 45.1 Å². The molecule has 27 heavy (non-hydrogen) atoms. The average Bonchev–Trinajstić information content (AvgIpc) is 2.93. The molecular formula is C21H25N3O3. The van der Waals surface area contributed by atoms with E-state index in [-0.39, 0.29) is 30.2 Å². The van der Waals surface area contributed by atoms with E-state index in [2.05, 4.69) is 9.97 Å². The van der Waals surface area contributed by atoms with E-state index >= 15 is 0 Å². The number of hydrogen-bond acceptors (Lipinski definition) is 5. The number of carbonyl (C=O) groups is 1. The van der Waals surface area contributed by atoms with Gasteiger partial charge in [0.1, 0.15) is 11.9 Å². The van der Waals surface area contributed by atoms with Gasteiger partial charge in [-0.25, -0.2) is 4.98 Å². The number of piperidine rings is 1. The van der Waals surface area contributed by atoms with Crippen LogP contribution in [0, 0.1) is 0 Å². The van der Waals surface area contributed by atoms with Gasteiger partial charge in [0.15, 0.2) is 0 Å². The average molecular weight is 367 g/mol. The molecule has 0 N–H and O–H groups in total. The van der Waals surface area contributed by atoms with Crippen molar-refractivity contribution in [3.63, 3.8) is 0 Å². The van der Waals surface area contributed by atoms with Gasteiger partial charge in [0.2, 0.25) is 5.88 Å². The molecule has 0 aromatic carbocycles. The number of amides is 1. The molecule has 2 fully saturated rings. The summed E-state index contributed by atoms with van der Waals surface area (Å²) in [7, 11) is 0. The molecule has 0 aliphatic carbocycles. The number of rotatable bonds is 5. The van der Waals surface area contributed by atoms with Crippen LogP contribution in [0.25, 0.3) is 0 Å². The summed E-state index contributed by atoms with van der Waals surface area (Å²) < 4.78 is 11.7. The normalized spacial score (nSPS) is 24.1. The molecule has 0 spiro atoms. The molecule has 2 atom stereocenters. The third-order valence-corrected chi connectivity index (χ3v) is 5.22. The maximum Gasteiger partial charge on any atom is 0.255 e. The molecule has 0 saturated carbocycles. The Morgan fingerprint density at radius 1 is 1.11 bits per heavy atom. The molecule has 2 bridgehead atoms. The zero-order valence-electron chi connectivity index (χ0n) is 15.7. The van der Waals surface area contributed by atoms with Crippen molar-refractivity contribution < 1.29 is 14.3 Å². The Kier molecular flexibility index (Phi) is 4.97. The van der Waals surface area contributed by atoms with Crippen molar-refractivity contribution in [1.82, 2.24) is 14.9 Å². The number of carbonyl (C=O) groups excluding carboxylic acids is 1. The standard InChI is InChI=1S/C21H25N3O3/c1-14(2)26-20-6-3-15(13-23-20)21(25)24-16-4-5-17(24)12-19(11-16)27-18-7-9-22-10-8-18/h3,6-10,13-14,16-17,19H,4-5,11-12H2,1-2H3. The summed E-state index contributed by atoms with van der Waals surface area (Å²) in [4.78, 5) is 23.4. The summed E-state index contributed by atoms with van der Waals surface area (Å²) in [6, 6.07) is 7.81. The molecule has 1 amide bonds. The van der Waals surface area contributed by atoms with Crippen LogP contribution >= 0.6 is 0 Å². The molecule has 6 heteroatoms. The van der Waals surface area contributed by atoms with E-state index in [9.17, 15) is 4.79 Å². The lowest BCUT2D eigenvalue weighted by molar-refractivity contribution is 0.0358. The number of hydrogen-bond donors (Lipinski definition) is 0. The van der Waals surface area contributed by atoms with E-state index in [0.29, 0.717) is 11.4 Å². The van der Waals surface area contributed by atoms with Gasteiger partial charge in [-0.3, -0.25) is 9.78 Å². The molecular weight excluding hydrogens is 342 g/mol. The molecule has 2 aromatic heterocycles. The van der Waals surface area contributed by atoms with E-state index in [0.717, 1.165) is 31.4 Å². The van der Waals surface area contributed by atoms with E-state index in [1.807, 2.05) is 36.9 Å². The van der Waals surface area contributed by atoms with Gasteiger partial charge in [-0.05, 0) is 44.9 Å². The van der Waals surface area contributed by atoms with Crippen molar-refractivity contribution in [2.24, 2.45) is 0 Å². The highest BCUT2D eigenvalue weighted by Gasteiger charge is 2.44. The first-order valence-electron chi connectivity index (χ1n) is 9.62. The third-order valence-electron chi connectivity index (χ3n) is 5.22. The molecule has 2 aliphatic heterocycles. The lowest BCUT2D eigenvalue weighted by atomic mass is 9.98. The fourth-order valence-corrected chi connectivity index (χ4v) is 4.13. The van der Waals surface area contributed by atoms with Crippen LogP contribution in [0.15, 0.2) is 42.9 Å². The second-order valence-electron chi connectivity index (χ2n) is 7.54. The first-order chi connectivity index (χ1) is 13.1. The fraction of sp³-hybridized carbons (Fsp3) is 0.476. The van der Waals surface area contributed by atoms with Crippen molar-refractivity contribution in [1.29, 1.82) is 0 Å². The topological polar surface area (TPSA) is 64.5 Å². The summed E-state index contributed by atoms with van der Waals surface area (Å²) in [6.07, 6.45) is 9.12. The minimum Gasteiger partial charge on any atom is -0.490 e. The van der Waals surface area contributed by atoms with Crippen LogP contribution in [0.5, 0.6) is 11.6 Å². The van der Waals surface area contributed by atoms with Crippen LogP contribution in [0.3, 0.4) is 0 Å². The van der Waals surface area contributed by atoms with Crippen LogP contribution in [0.4, 0.5) is 0 Å². The van der Waals surface area contributed by atoms with Gasteiger partial charge >= 0.3 is 0 Å². The second-order valence-corrected chi connectivity index (χ2v) is 7.54. The zero-order chi connectivity index (χ0) is 18.8. The van der Waals surface area contributed by atoms with Gasteiger partial charge in [-0.15, -0.1) is 0 Å². The van der Waals surface area contributed by atoms with E-state index < -0.39 is 0 Å². The Hall–Kier alpha value is -2.63. The summed E-state index contributed by atoms with van der Waals surface area (Å²) in [5.74, 6) is 1.46. The lowest BCUT2D eigenvalue weighted by Crippen LogP contribution is -2.49. The molecule has 4 rings (SSSR count). The number of pyridine rings is 2. The number of ether oxygens (including phenoxy) is 2.